The van der Waals surface area contributed by atoms with Crippen molar-refractivity contribution in [1.29, 1.82) is 0 Å². The fourth-order valence-corrected chi connectivity index (χ4v) is 2.62. The van der Waals surface area contributed by atoms with Crippen LogP contribution >= 0.6 is 11.8 Å². The highest BCUT2D eigenvalue weighted by molar-refractivity contribution is 8.00. The van der Waals surface area contributed by atoms with Crippen LogP contribution in [0, 0.1) is 11.6 Å². The van der Waals surface area contributed by atoms with E-state index in [4.69, 9.17) is 0 Å². The lowest BCUT2D eigenvalue weighted by molar-refractivity contribution is -0.113. The maximum Gasteiger partial charge on any atom is 0.234 e. The van der Waals surface area contributed by atoms with Crippen molar-refractivity contribution in [3.63, 3.8) is 0 Å². The number of carbonyl (C=O) groups is 1. The zero-order chi connectivity index (χ0) is 15.2. The van der Waals surface area contributed by atoms with Crippen molar-refractivity contribution in [2.24, 2.45) is 0 Å². The van der Waals surface area contributed by atoms with Crippen molar-refractivity contribution >= 4 is 23.4 Å². The standard InChI is InChI=1S/C16H15F2NOS/c1-11(12-5-3-2-4-6-12)21-10-16(20)19-13-7-8-14(17)15(18)9-13/h2-9,11H,10H2,1H3,(H,19,20)/t11-/m0/s1. The van der Waals surface area contributed by atoms with Gasteiger partial charge < -0.3 is 5.32 Å². The molecule has 2 aromatic carbocycles. The Morgan fingerprint density at radius 1 is 1.14 bits per heavy atom. The lowest BCUT2D eigenvalue weighted by atomic mass is 10.2. The van der Waals surface area contributed by atoms with Gasteiger partial charge in [0, 0.05) is 17.0 Å². The second kappa shape index (κ2) is 7.22. The molecule has 0 unspecified atom stereocenters. The molecule has 0 aliphatic carbocycles. The van der Waals surface area contributed by atoms with Crippen molar-refractivity contribution in [2.45, 2.75) is 12.2 Å². The van der Waals surface area contributed by atoms with E-state index in [0.717, 1.165) is 17.7 Å². The van der Waals surface area contributed by atoms with Gasteiger partial charge in [0.15, 0.2) is 11.6 Å². The molecule has 0 aliphatic rings. The van der Waals surface area contributed by atoms with Gasteiger partial charge in [-0.2, -0.15) is 0 Å². The maximum atomic E-state index is 13.0. The van der Waals surface area contributed by atoms with Gasteiger partial charge >= 0.3 is 0 Å². The van der Waals surface area contributed by atoms with Crippen LogP contribution in [0.4, 0.5) is 14.5 Å². The van der Waals surface area contributed by atoms with Gasteiger partial charge in [-0.15, -0.1) is 11.8 Å². The molecule has 5 heteroatoms. The molecule has 2 rings (SSSR count). The molecule has 0 saturated carbocycles. The highest BCUT2D eigenvalue weighted by Crippen LogP contribution is 2.27. The Morgan fingerprint density at radius 3 is 2.52 bits per heavy atom. The summed E-state index contributed by atoms with van der Waals surface area (Å²) in [5.74, 6) is -1.90. The molecule has 0 spiro atoms. The first-order valence-electron chi connectivity index (χ1n) is 6.47. The van der Waals surface area contributed by atoms with E-state index in [1.165, 1.54) is 17.8 Å². The second-order valence-electron chi connectivity index (χ2n) is 4.54. The number of benzene rings is 2. The van der Waals surface area contributed by atoms with Crippen LogP contribution in [0.3, 0.4) is 0 Å². The van der Waals surface area contributed by atoms with Crippen LogP contribution in [-0.2, 0) is 4.79 Å². The summed E-state index contributed by atoms with van der Waals surface area (Å²) >= 11 is 1.48. The number of amides is 1. The molecular formula is C16H15F2NOS. The molecular weight excluding hydrogens is 292 g/mol. The molecule has 0 radical (unpaired) electrons. The summed E-state index contributed by atoms with van der Waals surface area (Å²) in [6.45, 7) is 2.02. The van der Waals surface area contributed by atoms with E-state index in [2.05, 4.69) is 5.32 Å². The number of carbonyl (C=O) groups excluding carboxylic acids is 1. The summed E-state index contributed by atoms with van der Waals surface area (Å²) in [4.78, 5) is 11.8. The van der Waals surface area contributed by atoms with Crippen LogP contribution in [0.5, 0.6) is 0 Å². The van der Waals surface area contributed by atoms with Crippen LogP contribution in [0.1, 0.15) is 17.7 Å². The van der Waals surface area contributed by atoms with Crippen molar-refractivity contribution in [3.8, 4) is 0 Å². The predicted octanol–water partition coefficient (Wildman–Crippen LogP) is 4.40. The zero-order valence-electron chi connectivity index (χ0n) is 11.5. The third kappa shape index (κ3) is 4.56. The molecule has 0 fully saturated rings. The van der Waals surface area contributed by atoms with E-state index < -0.39 is 11.6 Å². The molecule has 1 N–H and O–H groups in total. The Balaban J connectivity index is 1.86. The molecule has 0 aromatic heterocycles. The van der Waals surface area contributed by atoms with Crippen molar-refractivity contribution < 1.29 is 13.6 Å². The molecule has 0 heterocycles. The fourth-order valence-electron chi connectivity index (χ4n) is 1.79. The van der Waals surface area contributed by atoms with E-state index in [1.54, 1.807) is 0 Å². The zero-order valence-corrected chi connectivity index (χ0v) is 12.3. The monoisotopic (exact) mass is 307 g/mol. The van der Waals surface area contributed by atoms with E-state index >= 15 is 0 Å². The van der Waals surface area contributed by atoms with Gasteiger partial charge in [-0.3, -0.25) is 4.79 Å². The third-order valence-electron chi connectivity index (χ3n) is 2.94. The summed E-state index contributed by atoms with van der Waals surface area (Å²) in [5, 5.41) is 2.73. The fraction of sp³-hybridized carbons (Fsp3) is 0.188. The summed E-state index contributed by atoms with van der Waals surface area (Å²) in [7, 11) is 0. The molecule has 2 aromatic rings. The van der Waals surface area contributed by atoms with Crippen LogP contribution in [0.15, 0.2) is 48.5 Å². The smallest absolute Gasteiger partial charge is 0.234 e. The van der Waals surface area contributed by atoms with Gasteiger partial charge in [-0.05, 0) is 24.6 Å². The summed E-state index contributed by atoms with van der Waals surface area (Å²) in [6.07, 6.45) is 0. The van der Waals surface area contributed by atoms with Gasteiger partial charge in [0.05, 0.1) is 5.75 Å². The Morgan fingerprint density at radius 2 is 1.86 bits per heavy atom. The van der Waals surface area contributed by atoms with Gasteiger partial charge in [-0.1, -0.05) is 30.3 Å². The molecule has 0 saturated heterocycles. The summed E-state index contributed by atoms with van der Waals surface area (Å²) in [6, 6.07) is 13.2. The van der Waals surface area contributed by atoms with E-state index in [0.29, 0.717) is 0 Å². The first-order chi connectivity index (χ1) is 10.1. The predicted molar refractivity (Wildman–Crippen MR) is 82.3 cm³/mol. The normalized spacial score (nSPS) is 12.0. The summed E-state index contributed by atoms with van der Waals surface area (Å²) < 4.78 is 25.8. The maximum absolute atomic E-state index is 13.0. The van der Waals surface area contributed by atoms with Gasteiger partial charge in [0.1, 0.15) is 0 Å². The number of halogens is 2. The molecule has 0 aliphatic heterocycles. The van der Waals surface area contributed by atoms with Gasteiger partial charge in [0.25, 0.3) is 0 Å². The first kappa shape index (κ1) is 15.5. The molecule has 2 nitrogen and oxygen atoms in total. The molecule has 21 heavy (non-hydrogen) atoms. The minimum atomic E-state index is -0.974. The lowest BCUT2D eigenvalue weighted by Gasteiger charge is -2.11. The van der Waals surface area contributed by atoms with Crippen molar-refractivity contribution in [1.82, 2.24) is 0 Å². The average molecular weight is 307 g/mol. The van der Waals surface area contributed by atoms with Gasteiger partial charge in [0.2, 0.25) is 5.91 Å². The van der Waals surface area contributed by atoms with E-state index in [1.807, 2.05) is 37.3 Å². The van der Waals surface area contributed by atoms with Crippen LogP contribution in [-0.4, -0.2) is 11.7 Å². The van der Waals surface area contributed by atoms with Gasteiger partial charge in [-0.25, -0.2) is 8.78 Å². The number of rotatable bonds is 5. The third-order valence-corrected chi connectivity index (χ3v) is 4.14. The SMILES string of the molecule is C[C@H](SCC(=O)Nc1ccc(F)c(F)c1)c1ccccc1. The lowest BCUT2D eigenvalue weighted by Crippen LogP contribution is -2.15. The topological polar surface area (TPSA) is 29.1 Å². The quantitative estimate of drug-likeness (QED) is 0.887. The molecule has 1 atom stereocenters. The molecule has 110 valence electrons. The van der Waals surface area contributed by atoms with E-state index in [9.17, 15) is 13.6 Å². The van der Waals surface area contributed by atoms with Crippen molar-refractivity contribution in [3.05, 3.63) is 65.7 Å². The highest BCUT2D eigenvalue weighted by Gasteiger charge is 2.10. The van der Waals surface area contributed by atoms with E-state index in [-0.39, 0.29) is 22.6 Å². The largest absolute Gasteiger partial charge is 0.325 e. The number of thioether (sulfide) groups is 1. The molecule has 0 bridgehead atoms. The van der Waals surface area contributed by atoms with Crippen LogP contribution < -0.4 is 5.32 Å². The summed E-state index contributed by atoms with van der Waals surface area (Å²) in [5.41, 5.74) is 1.40. The Bertz CT molecular complexity index is 619. The molecule has 1 amide bonds. The highest BCUT2D eigenvalue weighted by atomic mass is 32.2. The van der Waals surface area contributed by atoms with Crippen LogP contribution in [0.25, 0.3) is 0 Å². The Kier molecular flexibility index (Phi) is 5.33. The minimum absolute atomic E-state index is 0.182. The minimum Gasteiger partial charge on any atom is -0.325 e. The Labute approximate surface area is 126 Å². The first-order valence-corrected chi connectivity index (χ1v) is 7.52. The number of hydrogen-bond donors (Lipinski definition) is 1. The van der Waals surface area contributed by atoms with Crippen LogP contribution in [0.2, 0.25) is 0 Å². The number of hydrogen-bond acceptors (Lipinski definition) is 2. The van der Waals surface area contributed by atoms with Crippen molar-refractivity contribution in [2.75, 3.05) is 11.1 Å². The Hall–Kier alpha value is -1.88. The number of nitrogens with one attached hydrogen (secondary N) is 1. The number of anilines is 1. The average Bonchev–Trinajstić information content (AvgIpc) is 2.49. The second-order valence-corrected chi connectivity index (χ2v) is 5.87.